The molecule has 0 unspecified atom stereocenters. The maximum absolute atomic E-state index is 12.8. The van der Waals surface area contributed by atoms with Crippen LogP contribution in [0.1, 0.15) is 18.0 Å². The van der Waals surface area contributed by atoms with E-state index in [1.54, 1.807) is 4.98 Å². The molecule has 0 spiro atoms. The quantitative estimate of drug-likeness (QED) is 0.679. The molecular weight excluding hydrogens is 309 g/mol. The van der Waals surface area contributed by atoms with E-state index in [1.165, 1.54) is 0 Å². The summed E-state index contributed by atoms with van der Waals surface area (Å²) in [6.45, 7) is -0.433. The summed E-state index contributed by atoms with van der Waals surface area (Å²) in [5.74, 6) is -0.578. The van der Waals surface area contributed by atoms with Gasteiger partial charge >= 0.3 is 11.9 Å². The largest absolute Gasteiger partial charge is 0.423 e. The lowest BCUT2D eigenvalue weighted by molar-refractivity contribution is -0.139. The van der Waals surface area contributed by atoms with Crippen molar-refractivity contribution in [1.82, 2.24) is 9.55 Å². The van der Waals surface area contributed by atoms with Crippen molar-refractivity contribution in [2.24, 2.45) is 5.92 Å². The highest BCUT2D eigenvalue weighted by Crippen LogP contribution is 2.27. The minimum absolute atomic E-state index is 0.0262. The van der Waals surface area contributed by atoms with E-state index >= 15 is 0 Å². The number of alkyl halides is 3. The minimum Gasteiger partial charge on any atom is -0.396 e. The topological polar surface area (TPSA) is 105 Å². The second-order valence-electron chi connectivity index (χ2n) is 5.14. The lowest BCUT2D eigenvalue weighted by Gasteiger charge is -2.21. The Morgan fingerprint density at radius 3 is 2.64 bits per heavy atom. The van der Waals surface area contributed by atoms with E-state index in [0.717, 1.165) is 0 Å². The molecule has 0 saturated carbocycles. The molecule has 0 aromatic carbocycles. The normalized spacial score (nSPS) is 26.7. The molecule has 3 atom stereocenters. The molecule has 1 saturated heterocycles. The molecule has 3 N–H and O–H groups in total. The summed E-state index contributed by atoms with van der Waals surface area (Å²) in [5, 5.41) is 19.0. The summed E-state index contributed by atoms with van der Waals surface area (Å²) in [5.41, 5.74) is -4.03. The smallest absolute Gasteiger partial charge is 0.396 e. The highest BCUT2D eigenvalue weighted by atomic mass is 19.4. The number of hydrogen-bond acceptors (Lipinski definition) is 5. The third-order valence-electron chi connectivity index (χ3n) is 3.60. The summed E-state index contributed by atoms with van der Waals surface area (Å²) in [6, 6.07) is -0.878. The van der Waals surface area contributed by atoms with Gasteiger partial charge in [-0.05, 0) is 6.42 Å². The van der Waals surface area contributed by atoms with Crippen LogP contribution in [0.15, 0.2) is 15.8 Å². The van der Waals surface area contributed by atoms with Gasteiger partial charge in [-0.2, -0.15) is 13.2 Å². The van der Waals surface area contributed by atoms with E-state index in [1.807, 2.05) is 0 Å². The number of nitrogens with one attached hydrogen (secondary N) is 1. The van der Waals surface area contributed by atoms with E-state index in [9.17, 15) is 27.9 Å². The summed E-state index contributed by atoms with van der Waals surface area (Å²) in [4.78, 5) is 24.6. The molecule has 0 radical (unpaired) electrons. The number of aromatic amines is 1. The first kappa shape index (κ1) is 16.7. The highest BCUT2D eigenvalue weighted by Gasteiger charge is 2.36. The van der Waals surface area contributed by atoms with Gasteiger partial charge in [-0.25, -0.2) is 4.79 Å². The van der Waals surface area contributed by atoms with Gasteiger partial charge in [0, 0.05) is 12.1 Å². The van der Waals surface area contributed by atoms with Crippen molar-refractivity contribution in [3.63, 3.8) is 0 Å². The van der Waals surface area contributed by atoms with Crippen molar-refractivity contribution in [3.05, 3.63) is 32.6 Å². The van der Waals surface area contributed by atoms with Crippen LogP contribution in [0.5, 0.6) is 0 Å². The molecule has 10 heteroatoms. The number of aromatic nitrogens is 2. The second-order valence-corrected chi connectivity index (χ2v) is 5.14. The Kier molecular flexibility index (Phi) is 4.73. The van der Waals surface area contributed by atoms with Crippen LogP contribution >= 0.6 is 0 Å². The van der Waals surface area contributed by atoms with Crippen molar-refractivity contribution in [3.8, 4) is 0 Å². The second kappa shape index (κ2) is 6.23. The lowest BCUT2D eigenvalue weighted by Crippen LogP contribution is -2.38. The maximum Gasteiger partial charge on any atom is 0.423 e. The molecule has 124 valence electrons. The van der Waals surface area contributed by atoms with Crippen LogP contribution in [0, 0.1) is 5.92 Å². The fourth-order valence-electron chi connectivity index (χ4n) is 2.33. The Labute approximate surface area is 122 Å². The number of aliphatic hydroxyl groups excluding tert-OH is 2. The van der Waals surface area contributed by atoms with Crippen LogP contribution in [0.2, 0.25) is 0 Å². The number of aliphatic hydroxyl groups is 2. The van der Waals surface area contributed by atoms with Gasteiger partial charge < -0.3 is 14.9 Å². The first-order valence-electron chi connectivity index (χ1n) is 6.53. The molecule has 0 amide bonds. The van der Waals surface area contributed by atoms with Crippen LogP contribution in [0.25, 0.3) is 0 Å². The predicted molar refractivity (Wildman–Crippen MR) is 67.4 cm³/mol. The molecule has 0 bridgehead atoms. The summed E-state index contributed by atoms with van der Waals surface area (Å²) >= 11 is 0. The van der Waals surface area contributed by atoms with Crippen molar-refractivity contribution in [2.45, 2.75) is 24.7 Å². The van der Waals surface area contributed by atoms with Crippen LogP contribution in [0.3, 0.4) is 0 Å². The monoisotopic (exact) mass is 324 g/mol. The van der Waals surface area contributed by atoms with Gasteiger partial charge in [0.2, 0.25) is 0 Å². The van der Waals surface area contributed by atoms with Crippen molar-refractivity contribution >= 4 is 0 Å². The Hall–Kier alpha value is -1.65. The summed E-state index contributed by atoms with van der Waals surface area (Å²) < 4.78 is 44.2. The number of rotatable bonds is 2. The van der Waals surface area contributed by atoms with E-state index in [-0.39, 0.29) is 26.2 Å². The van der Waals surface area contributed by atoms with Gasteiger partial charge in [0.1, 0.15) is 5.56 Å². The standard InChI is InChI=1S/C12H15F3N2O5/c13-12(14,15)8-2-17(11(21)16-10(8)20)7-1-9(19)6(3-18)4-22-5-7/h2,6-7,9,18-19H,1,3-5H2,(H,16,20,21)/t6-,7-,9+/m0/s1. The van der Waals surface area contributed by atoms with Crippen LogP contribution in [0.4, 0.5) is 13.2 Å². The Bertz CT molecular complexity index is 639. The van der Waals surface area contributed by atoms with E-state index < -0.39 is 41.1 Å². The van der Waals surface area contributed by atoms with Gasteiger partial charge in [0.05, 0.1) is 32.0 Å². The lowest BCUT2D eigenvalue weighted by atomic mass is 9.99. The molecule has 1 fully saturated rings. The number of ether oxygens (including phenoxy) is 1. The molecule has 7 nitrogen and oxygen atoms in total. The van der Waals surface area contributed by atoms with E-state index in [2.05, 4.69) is 0 Å². The first-order chi connectivity index (χ1) is 10.2. The maximum atomic E-state index is 12.8. The zero-order valence-electron chi connectivity index (χ0n) is 11.3. The molecule has 22 heavy (non-hydrogen) atoms. The van der Waals surface area contributed by atoms with Crippen LogP contribution in [-0.2, 0) is 10.9 Å². The summed E-state index contributed by atoms with van der Waals surface area (Å²) in [6.07, 6.45) is -5.58. The fourth-order valence-corrected chi connectivity index (χ4v) is 2.33. The number of nitrogens with zero attached hydrogens (tertiary/aromatic N) is 1. The van der Waals surface area contributed by atoms with Crippen molar-refractivity contribution in [1.29, 1.82) is 0 Å². The third kappa shape index (κ3) is 3.39. The molecule has 2 rings (SSSR count). The van der Waals surface area contributed by atoms with Gasteiger partial charge in [-0.15, -0.1) is 0 Å². The molecule has 2 heterocycles. The van der Waals surface area contributed by atoms with E-state index in [0.29, 0.717) is 10.8 Å². The molecule has 1 aromatic rings. The average molecular weight is 324 g/mol. The molecular formula is C12H15F3N2O5. The van der Waals surface area contributed by atoms with Crippen molar-refractivity contribution < 1.29 is 28.1 Å². The fraction of sp³-hybridized carbons (Fsp3) is 0.667. The number of hydrogen-bond donors (Lipinski definition) is 3. The average Bonchev–Trinajstić information content (AvgIpc) is 2.58. The predicted octanol–water partition coefficient (Wildman–Crippen LogP) is -0.514. The van der Waals surface area contributed by atoms with Crippen LogP contribution < -0.4 is 11.2 Å². The highest BCUT2D eigenvalue weighted by molar-refractivity contribution is 5.09. The Morgan fingerprint density at radius 1 is 1.36 bits per heavy atom. The molecule has 1 aromatic heterocycles. The zero-order chi connectivity index (χ0) is 16.5. The SMILES string of the molecule is O=c1[nH]c(=O)n([C@@H]2COC[C@H](CO)[C@H](O)C2)cc1C(F)(F)F. The summed E-state index contributed by atoms with van der Waals surface area (Å²) in [7, 11) is 0. The Balaban J connectivity index is 2.40. The number of halogens is 3. The molecule has 1 aliphatic rings. The van der Waals surface area contributed by atoms with Gasteiger partial charge in [-0.1, -0.05) is 0 Å². The Morgan fingerprint density at radius 2 is 2.05 bits per heavy atom. The minimum atomic E-state index is -4.90. The zero-order valence-corrected chi connectivity index (χ0v) is 11.3. The molecule has 1 aliphatic heterocycles. The van der Waals surface area contributed by atoms with Crippen LogP contribution in [-0.4, -0.2) is 45.7 Å². The van der Waals surface area contributed by atoms with E-state index in [4.69, 9.17) is 9.84 Å². The molecule has 0 aliphatic carbocycles. The number of H-pyrrole nitrogens is 1. The third-order valence-corrected chi connectivity index (χ3v) is 3.60. The van der Waals surface area contributed by atoms with Gasteiger partial charge in [0.15, 0.2) is 0 Å². The van der Waals surface area contributed by atoms with Crippen molar-refractivity contribution in [2.75, 3.05) is 19.8 Å². The van der Waals surface area contributed by atoms with Gasteiger partial charge in [0.25, 0.3) is 5.56 Å². The van der Waals surface area contributed by atoms with Gasteiger partial charge in [-0.3, -0.25) is 14.3 Å². The first-order valence-corrected chi connectivity index (χ1v) is 6.53.